The zero-order valence-electron chi connectivity index (χ0n) is 37.1. The average Bonchev–Trinajstić information content (AvgIpc) is 3.17. The van der Waals surface area contributed by atoms with E-state index in [1.807, 2.05) is 97.9 Å². The number of ketones is 1. The Kier molecular flexibility index (Phi) is 22.3. The first-order valence-corrected chi connectivity index (χ1v) is 21.7. The second-order valence-electron chi connectivity index (χ2n) is 17.7. The van der Waals surface area contributed by atoms with Gasteiger partial charge in [0, 0.05) is 48.5 Å². The van der Waals surface area contributed by atoms with Gasteiger partial charge in [0.15, 0.2) is 5.79 Å². The minimum absolute atomic E-state index is 0.0804. The van der Waals surface area contributed by atoms with E-state index in [2.05, 4.69) is 0 Å². The summed E-state index contributed by atoms with van der Waals surface area (Å²) in [5.74, 6) is -3.01. The highest BCUT2D eigenvalue weighted by atomic mass is 16.6. The van der Waals surface area contributed by atoms with E-state index in [0.717, 1.165) is 17.6 Å². The van der Waals surface area contributed by atoms with E-state index in [0.29, 0.717) is 43.3 Å². The van der Waals surface area contributed by atoms with E-state index in [9.17, 15) is 40.2 Å². The lowest BCUT2D eigenvalue weighted by atomic mass is 9.85. The van der Waals surface area contributed by atoms with Crippen molar-refractivity contribution in [3.05, 3.63) is 70.9 Å². The summed E-state index contributed by atoms with van der Waals surface area (Å²) in [5, 5.41) is 65.1. The Morgan fingerprint density at radius 2 is 1.67 bits per heavy atom. The van der Waals surface area contributed by atoms with Crippen molar-refractivity contribution in [2.75, 3.05) is 0 Å². The number of carbonyl (C=O) groups excluding carboxylic acids is 2. The first kappa shape index (κ1) is 51.4. The molecule has 330 valence electrons. The lowest BCUT2D eigenvalue weighted by Gasteiger charge is -2.41. The molecule has 2 bridgehead atoms. The monoisotopic (exact) mass is 815 g/mol. The zero-order valence-corrected chi connectivity index (χ0v) is 37.1. The maximum Gasteiger partial charge on any atom is 0.333 e. The molecule has 10 heteroatoms. The number of Topliss-reactive ketones (excluding diaryl/α,β-unsaturated/α-hetero) is 1. The Morgan fingerprint density at radius 3 is 2.34 bits per heavy atom. The molecule has 0 amide bonds. The third-order valence-corrected chi connectivity index (χ3v) is 12.4. The van der Waals surface area contributed by atoms with Gasteiger partial charge in [-0.05, 0) is 90.6 Å². The molecule has 0 radical (unpaired) electrons. The molecule has 0 saturated carbocycles. The summed E-state index contributed by atoms with van der Waals surface area (Å²) in [4.78, 5) is 26.7. The maximum absolute atomic E-state index is 13.5. The van der Waals surface area contributed by atoms with Gasteiger partial charge >= 0.3 is 5.97 Å². The van der Waals surface area contributed by atoms with Gasteiger partial charge in [0.2, 0.25) is 0 Å². The van der Waals surface area contributed by atoms with Crippen LogP contribution in [0.3, 0.4) is 0 Å². The number of hydrogen-bond donors (Lipinski definition) is 6. The van der Waals surface area contributed by atoms with Gasteiger partial charge in [0.05, 0.1) is 36.6 Å². The molecule has 6 N–H and O–H groups in total. The summed E-state index contributed by atoms with van der Waals surface area (Å²) in [6.07, 6.45) is 14.3. The first-order valence-electron chi connectivity index (χ1n) is 21.7. The molecular formula is C48H78O10. The molecule has 1 fully saturated rings. The number of aliphatic hydroxyl groups excluding tert-OH is 5. The molecule has 1 saturated heterocycles. The van der Waals surface area contributed by atoms with Gasteiger partial charge in [-0.25, -0.2) is 4.79 Å². The molecule has 0 spiro atoms. The Morgan fingerprint density at radius 1 is 0.983 bits per heavy atom. The molecule has 0 aliphatic carbocycles. The second kappa shape index (κ2) is 25.2. The van der Waals surface area contributed by atoms with Crippen LogP contribution >= 0.6 is 0 Å². The molecule has 58 heavy (non-hydrogen) atoms. The van der Waals surface area contributed by atoms with E-state index in [-0.39, 0.29) is 73.6 Å². The first-order chi connectivity index (χ1) is 27.2. The lowest BCUT2D eigenvalue weighted by Crippen LogP contribution is -2.47. The van der Waals surface area contributed by atoms with E-state index in [1.165, 1.54) is 0 Å². The van der Waals surface area contributed by atoms with Crippen LogP contribution in [0.25, 0.3) is 0 Å². The predicted octanol–water partition coefficient (Wildman–Crippen LogP) is 7.76. The fourth-order valence-electron chi connectivity index (χ4n) is 7.54. The lowest BCUT2D eigenvalue weighted by molar-refractivity contribution is -0.277. The largest absolute Gasteiger partial charge is 0.459 e. The van der Waals surface area contributed by atoms with E-state index >= 15 is 0 Å². The van der Waals surface area contributed by atoms with Crippen molar-refractivity contribution in [3.63, 3.8) is 0 Å². The van der Waals surface area contributed by atoms with Crippen LogP contribution in [0.5, 0.6) is 0 Å². The van der Waals surface area contributed by atoms with E-state index < -0.39 is 48.4 Å². The number of hydrogen-bond acceptors (Lipinski definition) is 10. The Balaban J connectivity index is 2.32. The molecule has 13 unspecified atom stereocenters. The van der Waals surface area contributed by atoms with Crippen molar-refractivity contribution >= 4 is 11.8 Å². The van der Waals surface area contributed by atoms with Gasteiger partial charge < -0.3 is 40.1 Å². The minimum atomic E-state index is -1.40. The predicted molar refractivity (Wildman–Crippen MR) is 230 cm³/mol. The number of rotatable bonds is 10. The van der Waals surface area contributed by atoms with Crippen LogP contribution in [0.1, 0.15) is 140 Å². The van der Waals surface area contributed by atoms with Gasteiger partial charge in [-0.3, -0.25) is 4.79 Å². The fourth-order valence-corrected chi connectivity index (χ4v) is 7.54. The number of esters is 1. The number of cyclic esters (lactones) is 1. The molecule has 0 aromatic heterocycles. The number of fused-ring (bicyclic) bond motifs is 2. The summed E-state index contributed by atoms with van der Waals surface area (Å²) in [6, 6.07) is 0. The molecule has 2 heterocycles. The molecule has 0 aromatic rings. The molecule has 13 atom stereocenters. The summed E-state index contributed by atoms with van der Waals surface area (Å²) < 4.78 is 12.3. The maximum atomic E-state index is 13.5. The minimum Gasteiger partial charge on any atom is -0.459 e. The zero-order chi connectivity index (χ0) is 43.7. The van der Waals surface area contributed by atoms with Crippen LogP contribution < -0.4 is 0 Å². The third kappa shape index (κ3) is 17.5. The summed E-state index contributed by atoms with van der Waals surface area (Å²) >= 11 is 0. The van der Waals surface area contributed by atoms with Crippen LogP contribution in [0, 0.1) is 29.6 Å². The van der Waals surface area contributed by atoms with Crippen LogP contribution in [0.4, 0.5) is 0 Å². The van der Waals surface area contributed by atoms with Crippen molar-refractivity contribution in [3.8, 4) is 0 Å². The quantitative estimate of drug-likeness (QED) is 0.0945. The molecule has 2 rings (SSSR count). The summed E-state index contributed by atoms with van der Waals surface area (Å²) in [5.41, 5.74) is 2.85. The summed E-state index contributed by atoms with van der Waals surface area (Å²) in [7, 11) is 0. The van der Waals surface area contributed by atoms with Crippen LogP contribution in [-0.4, -0.2) is 90.9 Å². The molecule has 2 aliphatic rings. The highest BCUT2D eigenvalue weighted by Gasteiger charge is 2.41. The van der Waals surface area contributed by atoms with Crippen molar-refractivity contribution in [1.82, 2.24) is 0 Å². The number of ether oxygens (including phenoxy) is 2. The highest BCUT2D eigenvalue weighted by Crippen LogP contribution is 2.37. The van der Waals surface area contributed by atoms with Crippen LogP contribution in [0.15, 0.2) is 70.9 Å². The van der Waals surface area contributed by atoms with Crippen molar-refractivity contribution in [2.24, 2.45) is 29.6 Å². The van der Waals surface area contributed by atoms with Crippen LogP contribution in [0.2, 0.25) is 0 Å². The highest BCUT2D eigenvalue weighted by molar-refractivity contribution is 5.87. The standard InChI is InChI=1S/C48H78O10/c1-11-41(50)38(10)45(54)27-39(49)20-17-30(2)26-36(8)46-29-44(53)33(5)16-14-12-13-15-32(4)43(52)28-40-21-19-37(9)48(56,58-40)24-23-31(3)25-35(7)42(51)22-18-34(6)47(55)57-46/h12-14,16-18,23,25,32-33,36-42,44-46,49-51,53-54,56H,11,15,19-22,24,26-29H2,1-10H3/b13-12?,16-14?,30-17+,31-23?,34-18?,35-25?. The smallest absolute Gasteiger partial charge is 0.333 e. The Bertz CT molecular complexity index is 1470. The normalized spacial score (nSPS) is 32.2. The fraction of sp³-hybridized carbons (Fsp3) is 0.708. The number of allylic oxidation sites excluding steroid dienone is 6. The molecule has 0 aromatic carbocycles. The van der Waals surface area contributed by atoms with Crippen molar-refractivity contribution in [2.45, 2.75) is 188 Å². The van der Waals surface area contributed by atoms with Gasteiger partial charge in [-0.1, -0.05) is 101 Å². The van der Waals surface area contributed by atoms with Crippen molar-refractivity contribution < 1.29 is 49.7 Å². The molecule has 2 aliphatic heterocycles. The molecular weight excluding hydrogens is 737 g/mol. The van der Waals surface area contributed by atoms with Gasteiger partial charge in [-0.2, -0.15) is 0 Å². The van der Waals surface area contributed by atoms with Crippen LogP contribution in [-0.2, 0) is 19.1 Å². The van der Waals surface area contributed by atoms with E-state index in [1.54, 1.807) is 19.9 Å². The van der Waals surface area contributed by atoms with E-state index in [4.69, 9.17) is 9.47 Å². The second-order valence-corrected chi connectivity index (χ2v) is 17.7. The van der Waals surface area contributed by atoms with Gasteiger partial charge in [-0.15, -0.1) is 0 Å². The topological polar surface area (TPSA) is 174 Å². The Hall–Kier alpha value is -2.70. The number of carbonyl (C=O) groups is 2. The molecule has 10 nitrogen and oxygen atoms in total. The van der Waals surface area contributed by atoms with Gasteiger partial charge in [0.25, 0.3) is 0 Å². The number of aliphatic hydroxyl groups is 6. The third-order valence-electron chi connectivity index (χ3n) is 12.4. The van der Waals surface area contributed by atoms with Crippen molar-refractivity contribution in [1.29, 1.82) is 0 Å². The SMILES string of the molecule is CCC(O)C(C)C(O)CC(O)C/C=C(\C)CC(C)C1CC(O)C(C)C=CC=CCC(C)C(=O)CC2CCC(C)C(O)(CC=C(C)C=C(C)C(O)CC=C(C)C(=O)O1)O2. The Labute approximate surface area is 349 Å². The summed E-state index contributed by atoms with van der Waals surface area (Å²) in [6.45, 7) is 18.6. The van der Waals surface area contributed by atoms with Gasteiger partial charge in [0.1, 0.15) is 11.9 Å². The average molecular weight is 815 g/mol.